The number of nitrogens with two attached hydrogens (primary N) is 1. The summed E-state index contributed by atoms with van der Waals surface area (Å²) in [6.07, 6.45) is 1.96. The fraction of sp³-hybridized carbons (Fsp3) is 0.444. The Bertz CT molecular complexity index is 312. The summed E-state index contributed by atoms with van der Waals surface area (Å²) < 4.78 is 0. The number of amides is 1. The monoisotopic (exact) mass is 230 g/mol. The van der Waals surface area contributed by atoms with Crippen LogP contribution in [0.3, 0.4) is 0 Å². The van der Waals surface area contributed by atoms with Gasteiger partial charge in [-0.2, -0.15) is 0 Å². The van der Waals surface area contributed by atoms with Gasteiger partial charge in [0.25, 0.3) is 5.91 Å². The molecule has 0 aliphatic heterocycles. The third-order valence-electron chi connectivity index (χ3n) is 1.79. The lowest BCUT2D eigenvalue weighted by Crippen LogP contribution is -2.37. The van der Waals surface area contributed by atoms with Gasteiger partial charge in [0.15, 0.2) is 0 Å². The summed E-state index contributed by atoms with van der Waals surface area (Å²) >= 11 is 3.04. The molecule has 0 bridgehead atoms. The van der Waals surface area contributed by atoms with E-state index in [9.17, 15) is 4.79 Å². The lowest BCUT2D eigenvalue weighted by Gasteiger charge is -2.10. The molecule has 3 N–H and O–H groups in total. The van der Waals surface area contributed by atoms with Crippen LogP contribution in [0.15, 0.2) is 16.3 Å². The van der Waals surface area contributed by atoms with Gasteiger partial charge in [-0.25, -0.2) is 0 Å². The molecule has 14 heavy (non-hydrogen) atoms. The summed E-state index contributed by atoms with van der Waals surface area (Å²) in [4.78, 5) is 13.5. The van der Waals surface area contributed by atoms with Crippen molar-refractivity contribution in [2.45, 2.75) is 17.9 Å². The maximum absolute atomic E-state index is 11.7. The van der Waals surface area contributed by atoms with Gasteiger partial charge in [0.2, 0.25) is 0 Å². The van der Waals surface area contributed by atoms with Crippen LogP contribution in [0.25, 0.3) is 0 Å². The quantitative estimate of drug-likeness (QED) is 0.772. The molecule has 0 unspecified atom stereocenters. The Hall–Kier alpha value is -0.520. The van der Waals surface area contributed by atoms with E-state index >= 15 is 0 Å². The maximum atomic E-state index is 11.7. The largest absolute Gasteiger partial charge is 0.348 e. The second kappa shape index (κ2) is 5.38. The Balaban J connectivity index is 2.69. The van der Waals surface area contributed by atoms with Crippen molar-refractivity contribution in [3.8, 4) is 0 Å². The molecule has 1 aromatic heterocycles. The van der Waals surface area contributed by atoms with Crippen molar-refractivity contribution in [3.05, 3.63) is 16.3 Å². The first kappa shape index (κ1) is 11.6. The third-order valence-corrected chi connectivity index (χ3v) is 3.61. The van der Waals surface area contributed by atoms with E-state index in [2.05, 4.69) is 5.32 Å². The minimum absolute atomic E-state index is 0.0256. The molecule has 1 amide bonds. The van der Waals surface area contributed by atoms with Crippen LogP contribution in [0.4, 0.5) is 0 Å². The van der Waals surface area contributed by atoms with Gasteiger partial charge < -0.3 is 11.1 Å². The van der Waals surface area contributed by atoms with Crippen molar-refractivity contribution in [2.75, 3.05) is 12.8 Å². The molecule has 1 aromatic rings. The molecule has 0 aliphatic carbocycles. The first-order valence-electron chi connectivity index (χ1n) is 4.31. The van der Waals surface area contributed by atoms with E-state index in [-0.39, 0.29) is 11.9 Å². The molecule has 3 nitrogen and oxygen atoms in total. The fourth-order valence-corrected chi connectivity index (χ4v) is 2.63. The Kier molecular flexibility index (Phi) is 4.44. The highest BCUT2D eigenvalue weighted by Gasteiger charge is 2.13. The number of hydrogen-bond acceptors (Lipinski definition) is 4. The summed E-state index contributed by atoms with van der Waals surface area (Å²) in [5.74, 6) is -0.0256. The predicted octanol–water partition coefficient (Wildman–Crippen LogP) is 1.55. The molecule has 0 saturated heterocycles. The standard InChI is InChI=1S/C9H14N2OS2/c1-6(5-10)11-9(12)8-7(13-2)3-4-14-8/h3-4,6H,5,10H2,1-2H3,(H,11,12)/t6-/m0/s1. The predicted molar refractivity (Wildman–Crippen MR) is 62.1 cm³/mol. The van der Waals surface area contributed by atoms with Crippen LogP contribution in [0, 0.1) is 0 Å². The van der Waals surface area contributed by atoms with Gasteiger partial charge in [0.1, 0.15) is 4.88 Å². The van der Waals surface area contributed by atoms with Crippen LogP contribution in [0.1, 0.15) is 16.6 Å². The minimum Gasteiger partial charge on any atom is -0.348 e. The Morgan fingerprint density at radius 3 is 3.07 bits per heavy atom. The second-order valence-electron chi connectivity index (χ2n) is 2.93. The molecule has 1 rings (SSSR count). The van der Waals surface area contributed by atoms with Crippen LogP contribution in [0.2, 0.25) is 0 Å². The highest BCUT2D eigenvalue weighted by molar-refractivity contribution is 7.98. The van der Waals surface area contributed by atoms with E-state index in [0.29, 0.717) is 6.54 Å². The van der Waals surface area contributed by atoms with Crippen molar-refractivity contribution >= 4 is 29.0 Å². The zero-order valence-electron chi connectivity index (χ0n) is 8.24. The zero-order chi connectivity index (χ0) is 10.6. The SMILES string of the molecule is CSc1ccsc1C(=O)N[C@@H](C)CN. The van der Waals surface area contributed by atoms with Crippen LogP contribution in [-0.4, -0.2) is 24.7 Å². The molecular formula is C9H14N2OS2. The van der Waals surface area contributed by atoms with Crippen LogP contribution in [0.5, 0.6) is 0 Å². The van der Waals surface area contributed by atoms with Gasteiger partial charge in [-0.3, -0.25) is 4.79 Å². The van der Waals surface area contributed by atoms with Crippen LogP contribution >= 0.6 is 23.1 Å². The average Bonchev–Trinajstić information content (AvgIpc) is 2.65. The summed E-state index contributed by atoms with van der Waals surface area (Å²) in [5, 5.41) is 4.76. The summed E-state index contributed by atoms with van der Waals surface area (Å²) in [5.41, 5.74) is 5.43. The summed E-state index contributed by atoms with van der Waals surface area (Å²) in [6, 6.07) is 1.98. The van der Waals surface area contributed by atoms with E-state index in [1.165, 1.54) is 11.3 Å². The number of carbonyl (C=O) groups excluding carboxylic acids is 1. The van der Waals surface area contributed by atoms with Crippen molar-refractivity contribution in [1.82, 2.24) is 5.32 Å². The van der Waals surface area contributed by atoms with E-state index in [4.69, 9.17) is 5.73 Å². The van der Waals surface area contributed by atoms with Crippen molar-refractivity contribution in [2.24, 2.45) is 5.73 Å². The number of thiophene rings is 1. The van der Waals surface area contributed by atoms with Gasteiger partial charge in [-0.15, -0.1) is 23.1 Å². The van der Waals surface area contributed by atoms with Crippen molar-refractivity contribution < 1.29 is 4.79 Å². The van der Waals surface area contributed by atoms with E-state index < -0.39 is 0 Å². The van der Waals surface area contributed by atoms with Gasteiger partial charge in [-0.05, 0) is 24.6 Å². The molecule has 0 aliphatic rings. The second-order valence-corrected chi connectivity index (χ2v) is 4.69. The van der Waals surface area contributed by atoms with Crippen molar-refractivity contribution in [1.29, 1.82) is 0 Å². The molecule has 1 atom stereocenters. The summed E-state index contributed by atoms with van der Waals surface area (Å²) in [7, 11) is 0. The summed E-state index contributed by atoms with van der Waals surface area (Å²) in [6.45, 7) is 2.36. The smallest absolute Gasteiger partial charge is 0.262 e. The molecule has 0 fully saturated rings. The Labute approximate surface area is 92.1 Å². The lowest BCUT2D eigenvalue weighted by atomic mass is 10.3. The molecular weight excluding hydrogens is 216 g/mol. The van der Waals surface area contributed by atoms with E-state index in [1.54, 1.807) is 11.8 Å². The van der Waals surface area contributed by atoms with Crippen LogP contribution in [-0.2, 0) is 0 Å². The van der Waals surface area contributed by atoms with Gasteiger partial charge >= 0.3 is 0 Å². The molecule has 0 spiro atoms. The fourth-order valence-electron chi connectivity index (χ4n) is 0.972. The molecule has 0 radical (unpaired) electrons. The molecule has 78 valence electrons. The third kappa shape index (κ3) is 2.73. The Morgan fingerprint density at radius 1 is 1.79 bits per heavy atom. The topological polar surface area (TPSA) is 55.1 Å². The van der Waals surface area contributed by atoms with Gasteiger partial charge in [0.05, 0.1) is 0 Å². The average molecular weight is 230 g/mol. The first-order valence-corrected chi connectivity index (χ1v) is 6.42. The number of hydrogen-bond donors (Lipinski definition) is 2. The van der Waals surface area contributed by atoms with Gasteiger partial charge in [-0.1, -0.05) is 0 Å². The van der Waals surface area contributed by atoms with Crippen molar-refractivity contribution in [3.63, 3.8) is 0 Å². The molecule has 0 aromatic carbocycles. The molecule has 5 heteroatoms. The maximum Gasteiger partial charge on any atom is 0.262 e. The number of nitrogens with one attached hydrogen (secondary N) is 1. The first-order chi connectivity index (χ1) is 6.69. The highest BCUT2D eigenvalue weighted by atomic mass is 32.2. The zero-order valence-corrected chi connectivity index (χ0v) is 9.87. The highest BCUT2D eigenvalue weighted by Crippen LogP contribution is 2.25. The lowest BCUT2D eigenvalue weighted by molar-refractivity contribution is 0.0943. The minimum atomic E-state index is -0.0256. The van der Waals surface area contributed by atoms with Crippen LogP contribution < -0.4 is 11.1 Å². The molecule has 0 saturated carbocycles. The van der Waals surface area contributed by atoms with Gasteiger partial charge in [0, 0.05) is 17.5 Å². The normalized spacial score (nSPS) is 12.5. The Morgan fingerprint density at radius 2 is 2.50 bits per heavy atom. The number of rotatable bonds is 4. The number of thioether (sulfide) groups is 1. The van der Waals surface area contributed by atoms with E-state index in [0.717, 1.165) is 9.77 Å². The molecule has 1 heterocycles. The number of carbonyl (C=O) groups is 1. The van der Waals surface area contributed by atoms with E-state index in [1.807, 2.05) is 24.6 Å².